The predicted molar refractivity (Wildman–Crippen MR) is 92.4 cm³/mol. The summed E-state index contributed by atoms with van der Waals surface area (Å²) in [6, 6.07) is 7.15. The van der Waals surface area contributed by atoms with E-state index in [1.54, 1.807) is 19.9 Å². The maximum atomic E-state index is 13.0. The first kappa shape index (κ1) is 19.3. The molecule has 0 saturated carbocycles. The first-order valence-electron chi connectivity index (χ1n) is 8.16. The third kappa shape index (κ3) is 3.51. The number of carbonyl (C=O) groups is 1. The molecule has 0 aliphatic carbocycles. The van der Waals surface area contributed by atoms with E-state index in [2.05, 4.69) is 4.79 Å². The van der Waals surface area contributed by atoms with E-state index in [0.29, 0.717) is 6.61 Å². The van der Waals surface area contributed by atoms with E-state index in [0.717, 1.165) is 6.42 Å². The molecule has 8 heteroatoms. The predicted octanol–water partition coefficient (Wildman–Crippen LogP) is 2.10. The van der Waals surface area contributed by atoms with Crippen molar-refractivity contribution in [2.45, 2.75) is 50.8 Å². The fourth-order valence-electron chi connectivity index (χ4n) is 2.94. The molecule has 1 saturated heterocycles. The number of rotatable bonds is 3. The average Bonchev–Trinajstić information content (AvgIpc) is 2.90. The van der Waals surface area contributed by atoms with Crippen LogP contribution in [-0.4, -0.2) is 47.4 Å². The van der Waals surface area contributed by atoms with E-state index in [1.165, 1.54) is 29.2 Å². The summed E-state index contributed by atoms with van der Waals surface area (Å²) in [6.45, 7) is 7.64. The normalized spacial score (nSPS) is 20.8. The van der Waals surface area contributed by atoms with Crippen LogP contribution in [0.4, 0.5) is 0 Å². The second-order valence-electron chi connectivity index (χ2n) is 6.61. The van der Waals surface area contributed by atoms with Gasteiger partial charge in [-0.15, -0.1) is 4.79 Å². The van der Waals surface area contributed by atoms with Crippen LogP contribution in [0.1, 0.15) is 34.1 Å². The van der Waals surface area contributed by atoms with E-state index in [1.807, 2.05) is 13.8 Å². The molecule has 0 radical (unpaired) electrons. The van der Waals surface area contributed by atoms with E-state index < -0.39 is 26.5 Å². The lowest BCUT2D eigenvalue weighted by Gasteiger charge is -2.34. The molecule has 0 N–H and O–H groups in total. The minimum atomic E-state index is -4.24. The second-order valence-corrected chi connectivity index (χ2v) is 8.47. The highest BCUT2D eigenvalue weighted by molar-refractivity contribution is 8.08. The molecule has 1 heterocycles. The van der Waals surface area contributed by atoms with Crippen LogP contribution in [0.3, 0.4) is 0 Å². The van der Waals surface area contributed by atoms with E-state index >= 15 is 0 Å². The molecular weight excluding hydrogens is 342 g/mol. The Kier molecular flexibility index (Phi) is 5.46. The van der Waals surface area contributed by atoms with Crippen molar-refractivity contribution in [3.05, 3.63) is 35.9 Å². The molecular formula is C17H23N3O4S. The van der Waals surface area contributed by atoms with Gasteiger partial charge in [-0.1, -0.05) is 38.5 Å². The van der Waals surface area contributed by atoms with Gasteiger partial charge in [0.15, 0.2) is 0 Å². The highest BCUT2D eigenvalue weighted by Crippen LogP contribution is 2.33. The molecule has 0 spiro atoms. The first-order valence-corrected chi connectivity index (χ1v) is 9.65. The van der Waals surface area contributed by atoms with Crippen molar-refractivity contribution >= 4 is 20.8 Å². The third-order valence-electron chi connectivity index (χ3n) is 4.62. The largest absolute Gasteiger partial charge is 0.473 e. The summed E-state index contributed by atoms with van der Waals surface area (Å²) in [4.78, 5) is 17.1. The summed E-state index contributed by atoms with van der Waals surface area (Å²) < 4.78 is 31.2. The number of ether oxygens (including phenoxy) is 1. The zero-order valence-electron chi connectivity index (χ0n) is 14.8. The molecule has 1 fully saturated rings. The zero-order valence-corrected chi connectivity index (χ0v) is 15.7. The van der Waals surface area contributed by atoms with Crippen molar-refractivity contribution in [3.8, 4) is 0 Å². The van der Waals surface area contributed by atoms with Crippen molar-refractivity contribution in [2.24, 2.45) is 5.92 Å². The topological polar surface area (TPSA) is 100 Å². The lowest BCUT2D eigenvalue weighted by molar-refractivity contribution is -0.143. The Morgan fingerprint density at radius 3 is 2.52 bits per heavy atom. The van der Waals surface area contributed by atoms with Crippen LogP contribution in [0.5, 0.6) is 0 Å². The van der Waals surface area contributed by atoms with Gasteiger partial charge in [0.1, 0.15) is 5.72 Å². The van der Waals surface area contributed by atoms with Gasteiger partial charge in [0.25, 0.3) is 9.84 Å². The van der Waals surface area contributed by atoms with Crippen LogP contribution in [0, 0.1) is 5.92 Å². The Balaban J connectivity index is 2.47. The van der Waals surface area contributed by atoms with Gasteiger partial charge in [-0.2, -0.15) is 0 Å². The summed E-state index contributed by atoms with van der Waals surface area (Å²) in [5, 5.41) is -0.898. The Labute approximate surface area is 148 Å². The smallest absolute Gasteiger partial charge is 0.360 e. The van der Waals surface area contributed by atoms with E-state index in [-0.39, 0.29) is 16.9 Å². The number of hydrogen-bond donors (Lipinski definition) is 0. The minimum absolute atomic E-state index is 0.102. The van der Waals surface area contributed by atoms with Crippen LogP contribution in [0.2, 0.25) is 0 Å². The number of nitrogens with zero attached hydrogens (tertiary/aromatic N) is 3. The lowest BCUT2D eigenvalue weighted by atomic mass is 9.98. The van der Waals surface area contributed by atoms with Crippen LogP contribution >= 0.6 is 0 Å². The Hall–Kier alpha value is -2.02. The number of benzene rings is 1. The van der Waals surface area contributed by atoms with Gasteiger partial charge in [-0.05, 0) is 31.9 Å². The number of carbonyl (C=O) groups excluding carboxylic acids is 1. The van der Waals surface area contributed by atoms with Gasteiger partial charge in [-0.25, -0.2) is 8.42 Å². The molecule has 7 nitrogen and oxygen atoms in total. The van der Waals surface area contributed by atoms with Gasteiger partial charge in [0.2, 0.25) is 0 Å². The molecule has 1 amide bonds. The van der Waals surface area contributed by atoms with Crippen LogP contribution in [0.25, 0.3) is 5.53 Å². The second kappa shape index (κ2) is 7.07. The molecule has 1 aliphatic heterocycles. The van der Waals surface area contributed by atoms with E-state index in [4.69, 9.17) is 4.74 Å². The molecule has 0 bridgehead atoms. The number of sulfone groups is 1. The van der Waals surface area contributed by atoms with Crippen molar-refractivity contribution in [3.63, 3.8) is 0 Å². The molecule has 25 heavy (non-hydrogen) atoms. The van der Waals surface area contributed by atoms with Crippen molar-refractivity contribution in [1.29, 1.82) is 0 Å². The maximum absolute atomic E-state index is 13.0. The number of hydrogen-bond acceptors (Lipinski definition) is 4. The van der Waals surface area contributed by atoms with Gasteiger partial charge in [-0.3, -0.25) is 9.69 Å². The van der Waals surface area contributed by atoms with Crippen molar-refractivity contribution in [1.82, 2.24) is 4.90 Å². The molecule has 136 valence electrons. The standard InChI is InChI=1S/C17H23N3O4S/c1-5-12(2)14-11-24-17(3,4)20(14)16(21)15(19-18)25(22,23)13-9-7-6-8-10-13/h6-10,12,14H,5,11H2,1-4H3/t12-,14+/m0/s1. The summed E-state index contributed by atoms with van der Waals surface area (Å²) >= 11 is 0. The highest BCUT2D eigenvalue weighted by atomic mass is 32.2. The fourth-order valence-corrected chi connectivity index (χ4v) is 4.12. The molecule has 0 unspecified atom stereocenters. The van der Waals surface area contributed by atoms with Gasteiger partial charge < -0.3 is 10.3 Å². The monoisotopic (exact) mass is 365 g/mol. The lowest BCUT2D eigenvalue weighted by Crippen LogP contribution is -2.53. The van der Waals surface area contributed by atoms with E-state index in [9.17, 15) is 18.7 Å². The summed E-state index contributed by atoms with van der Waals surface area (Å²) in [5.74, 6) is -0.760. The molecule has 2 atom stereocenters. The average molecular weight is 365 g/mol. The quantitative estimate of drug-likeness (QED) is 0.354. The molecule has 2 rings (SSSR count). The third-order valence-corrected chi connectivity index (χ3v) is 6.28. The zero-order chi connectivity index (χ0) is 18.8. The van der Waals surface area contributed by atoms with Crippen molar-refractivity contribution < 1.29 is 22.7 Å². The van der Waals surface area contributed by atoms with Gasteiger partial charge in [0.05, 0.1) is 17.5 Å². The molecule has 0 aromatic heterocycles. The van der Waals surface area contributed by atoms with Crippen LogP contribution in [0.15, 0.2) is 35.2 Å². The highest BCUT2D eigenvalue weighted by Gasteiger charge is 2.52. The van der Waals surface area contributed by atoms with Crippen molar-refractivity contribution in [2.75, 3.05) is 6.61 Å². The molecule has 1 aromatic rings. The summed E-state index contributed by atoms with van der Waals surface area (Å²) in [6.07, 6.45) is 0.797. The molecule has 1 aromatic carbocycles. The van der Waals surface area contributed by atoms with Gasteiger partial charge in [0, 0.05) is 0 Å². The molecule has 1 aliphatic rings. The minimum Gasteiger partial charge on any atom is -0.360 e. The number of amides is 1. The Morgan fingerprint density at radius 1 is 1.40 bits per heavy atom. The summed E-state index contributed by atoms with van der Waals surface area (Å²) in [7, 11) is -4.24. The first-order chi connectivity index (χ1) is 11.7. The van der Waals surface area contributed by atoms with Crippen LogP contribution < -0.4 is 0 Å². The van der Waals surface area contributed by atoms with Crippen LogP contribution in [-0.2, 0) is 19.4 Å². The fraction of sp³-hybridized carbons (Fsp3) is 0.529. The summed E-state index contributed by atoms with van der Waals surface area (Å²) in [5.41, 5.74) is 8.33. The van der Waals surface area contributed by atoms with Gasteiger partial charge >= 0.3 is 11.0 Å². The maximum Gasteiger partial charge on any atom is 0.473 e. The Bertz CT molecular complexity index is 798. The Morgan fingerprint density at radius 2 is 2.00 bits per heavy atom. The SMILES string of the molecule is CC[C@H](C)[C@H]1COC(C)(C)N1C(=O)C(=[N+]=[N-])S(=O)(=O)c1ccccc1.